The van der Waals surface area contributed by atoms with Crippen LogP contribution in [0, 0.1) is 0 Å². The van der Waals surface area contributed by atoms with Gasteiger partial charge in [-0.05, 0) is 48.7 Å². The molecule has 4 nitrogen and oxygen atoms in total. The Kier molecular flexibility index (Phi) is 5.73. The highest BCUT2D eigenvalue weighted by Crippen LogP contribution is 2.29. The van der Waals surface area contributed by atoms with E-state index in [0.29, 0.717) is 15.7 Å². The molecule has 8 heteroatoms. The molecule has 0 aliphatic heterocycles. The standard InChI is InChI=1S/C20H14Cl2N4S2/c1-13(14-6-8-23-9-7-14)25-26-18(19-3-2-10-27-19)12-28-20(26)24-17-5-4-15(21)11-16(17)22/h2-12H,1H3/b24-20?,25-13+. The molecule has 0 unspecified atom stereocenters. The fourth-order valence-electron chi connectivity index (χ4n) is 2.54. The molecule has 0 fully saturated rings. The van der Waals surface area contributed by atoms with E-state index in [2.05, 4.69) is 16.4 Å². The van der Waals surface area contributed by atoms with Gasteiger partial charge in [0.25, 0.3) is 0 Å². The summed E-state index contributed by atoms with van der Waals surface area (Å²) in [4.78, 5) is 10.6. The molecule has 0 N–H and O–H groups in total. The average molecular weight is 445 g/mol. The lowest BCUT2D eigenvalue weighted by atomic mass is 10.2. The van der Waals surface area contributed by atoms with E-state index < -0.39 is 0 Å². The highest BCUT2D eigenvalue weighted by molar-refractivity contribution is 7.14. The molecule has 0 spiro atoms. The molecule has 3 aromatic heterocycles. The Labute approximate surface area is 180 Å². The van der Waals surface area contributed by atoms with E-state index in [9.17, 15) is 0 Å². The lowest BCUT2D eigenvalue weighted by Gasteiger charge is -2.05. The van der Waals surface area contributed by atoms with Gasteiger partial charge in [0.15, 0.2) is 0 Å². The van der Waals surface area contributed by atoms with Gasteiger partial charge in [0.2, 0.25) is 4.80 Å². The molecule has 140 valence electrons. The first-order valence-electron chi connectivity index (χ1n) is 8.32. The Morgan fingerprint density at radius 2 is 1.89 bits per heavy atom. The van der Waals surface area contributed by atoms with E-state index in [4.69, 9.17) is 33.3 Å². The second kappa shape index (κ2) is 8.41. The number of rotatable bonds is 4. The summed E-state index contributed by atoms with van der Waals surface area (Å²) >= 11 is 15.5. The van der Waals surface area contributed by atoms with Crippen LogP contribution in [0.3, 0.4) is 0 Å². The summed E-state index contributed by atoms with van der Waals surface area (Å²) in [5.74, 6) is 0. The van der Waals surface area contributed by atoms with Crippen molar-refractivity contribution < 1.29 is 0 Å². The molecule has 0 saturated heterocycles. The molecule has 0 saturated carbocycles. The lowest BCUT2D eigenvalue weighted by molar-refractivity contribution is 0.850. The van der Waals surface area contributed by atoms with Gasteiger partial charge in [-0.25, -0.2) is 9.67 Å². The molecule has 0 aliphatic rings. The maximum atomic E-state index is 6.32. The topological polar surface area (TPSA) is 42.5 Å². The lowest BCUT2D eigenvalue weighted by Crippen LogP contribution is -2.13. The number of aromatic nitrogens is 2. The third-order valence-electron chi connectivity index (χ3n) is 3.93. The monoisotopic (exact) mass is 444 g/mol. The zero-order valence-corrected chi connectivity index (χ0v) is 17.9. The second-order valence-electron chi connectivity index (χ2n) is 5.82. The molecule has 0 bridgehead atoms. The van der Waals surface area contributed by atoms with Crippen molar-refractivity contribution in [1.29, 1.82) is 0 Å². The van der Waals surface area contributed by atoms with Gasteiger partial charge in [0, 0.05) is 28.4 Å². The molecule has 0 aliphatic carbocycles. The number of hydrogen-bond acceptors (Lipinski definition) is 5. The van der Waals surface area contributed by atoms with E-state index in [-0.39, 0.29) is 0 Å². The fraction of sp³-hybridized carbons (Fsp3) is 0.0500. The van der Waals surface area contributed by atoms with E-state index in [1.807, 2.05) is 35.2 Å². The van der Waals surface area contributed by atoms with Crippen molar-refractivity contribution in [3.05, 3.63) is 86.0 Å². The van der Waals surface area contributed by atoms with Crippen LogP contribution >= 0.6 is 45.9 Å². The quantitative estimate of drug-likeness (QED) is 0.331. The third-order valence-corrected chi connectivity index (χ3v) is 6.18. The van der Waals surface area contributed by atoms with Gasteiger partial charge >= 0.3 is 0 Å². The van der Waals surface area contributed by atoms with E-state index in [1.54, 1.807) is 41.9 Å². The zero-order chi connectivity index (χ0) is 19.5. The highest BCUT2D eigenvalue weighted by atomic mass is 35.5. The van der Waals surface area contributed by atoms with Crippen LogP contribution < -0.4 is 4.80 Å². The highest BCUT2D eigenvalue weighted by Gasteiger charge is 2.10. The Morgan fingerprint density at radius 1 is 1.07 bits per heavy atom. The first kappa shape index (κ1) is 19.1. The fourth-order valence-corrected chi connectivity index (χ4v) is 4.63. The van der Waals surface area contributed by atoms with Gasteiger partial charge in [-0.15, -0.1) is 22.7 Å². The molecule has 28 heavy (non-hydrogen) atoms. The molecule has 4 rings (SSSR count). The van der Waals surface area contributed by atoms with Crippen LogP contribution in [0.1, 0.15) is 12.5 Å². The number of nitrogens with zero attached hydrogens (tertiary/aromatic N) is 4. The molecule has 3 heterocycles. The summed E-state index contributed by atoms with van der Waals surface area (Å²) in [7, 11) is 0. The van der Waals surface area contributed by atoms with Crippen LogP contribution in [0.2, 0.25) is 10.0 Å². The smallest absolute Gasteiger partial charge is 0.211 e. The summed E-state index contributed by atoms with van der Waals surface area (Å²) < 4.78 is 1.86. The van der Waals surface area contributed by atoms with Gasteiger partial charge in [-0.1, -0.05) is 29.3 Å². The van der Waals surface area contributed by atoms with Crippen molar-refractivity contribution in [2.45, 2.75) is 6.92 Å². The van der Waals surface area contributed by atoms with Gasteiger partial charge in [-0.3, -0.25) is 4.98 Å². The Hall–Kier alpha value is -2.25. The predicted molar refractivity (Wildman–Crippen MR) is 119 cm³/mol. The number of thiazole rings is 1. The summed E-state index contributed by atoms with van der Waals surface area (Å²) in [6.07, 6.45) is 3.51. The number of halogens is 2. The normalized spacial score (nSPS) is 12.5. The number of thiophene rings is 1. The van der Waals surface area contributed by atoms with Gasteiger partial charge < -0.3 is 0 Å². The minimum absolute atomic E-state index is 0.500. The largest absolute Gasteiger partial charge is 0.265 e. The van der Waals surface area contributed by atoms with E-state index in [1.165, 1.54) is 11.3 Å². The van der Waals surface area contributed by atoms with Crippen molar-refractivity contribution in [3.63, 3.8) is 0 Å². The zero-order valence-electron chi connectivity index (χ0n) is 14.7. The Balaban J connectivity index is 1.89. The maximum absolute atomic E-state index is 6.32. The summed E-state index contributed by atoms with van der Waals surface area (Å²) in [6.45, 7) is 1.97. The second-order valence-corrected chi connectivity index (χ2v) is 8.45. The molecule has 0 atom stereocenters. The first-order chi connectivity index (χ1) is 13.6. The van der Waals surface area contributed by atoms with Crippen molar-refractivity contribution >= 4 is 57.3 Å². The molecule has 0 amide bonds. The molecule has 1 aromatic carbocycles. The molecule has 0 radical (unpaired) electrons. The molecular formula is C20H14Cl2N4S2. The van der Waals surface area contributed by atoms with Crippen molar-refractivity contribution in [2.75, 3.05) is 0 Å². The van der Waals surface area contributed by atoms with Crippen LogP contribution in [0.25, 0.3) is 10.6 Å². The van der Waals surface area contributed by atoms with Crippen LogP contribution in [0.4, 0.5) is 5.69 Å². The SMILES string of the molecule is C/C(=N\n1c(-c2cccs2)csc1=Nc1ccc(Cl)cc1Cl)c1ccncc1. The van der Waals surface area contributed by atoms with E-state index in [0.717, 1.165) is 26.6 Å². The van der Waals surface area contributed by atoms with Crippen LogP contribution in [-0.2, 0) is 0 Å². The van der Waals surface area contributed by atoms with Crippen molar-refractivity contribution in [1.82, 2.24) is 9.66 Å². The average Bonchev–Trinajstić information content (AvgIpc) is 3.35. The van der Waals surface area contributed by atoms with Gasteiger partial charge in [-0.2, -0.15) is 5.10 Å². The molecular weight excluding hydrogens is 431 g/mol. The minimum Gasteiger partial charge on any atom is -0.265 e. The summed E-state index contributed by atoms with van der Waals surface area (Å²) in [5.41, 5.74) is 3.50. The molecule has 4 aromatic rings. The van der Waals surface area contributed by atoms with Crippen molar-refractivity contribution in [2.24, 2.45) is 10.1 Å². The van der Waals surface area contributed by atoms with Crippen LogP contribution in [-0.4, -0.2) is 15.4 Å². The van der Waals surface area contributed by atoms with Crippen molar-refractivity contribution in [3.8, 4) is 10.6 Å². The van der Waals surface area contributed by atoms with Gasteiger partial charge in [0.05, 0.1) is 27.0 Å². The first-order valence-corrected chi connectivity index (χ1v) is 10.8. The third kappa shape index (κ3) is 4.10. The summed E-state index contributed by atoms with van der Waals surface area (Å²) in [5, 5.41) is 10.0. The minimum atomic E-state index is 0.500. The number of benzene rings is 1. The van der Waals surface area contributed by atoms with Gasteiger partial charge in [0.1, 0.15) is 0 Å². The Morgan fingerprint density at radius 3 is 2.61 bits per heavy atom. The van der Waals surface area contributed by atoms with Crippen LogP contribution in [0.5, 0.6) is 0 Å². The van der Waals surface area contributed by atoms with Crippen LogP contribution in [0.15, 0.2) is 75.7 Å². The number of pyridine rings is 1. The maximum Gasteiger partial charge on any atom is 0.211 e. The predicted octanol–water partition coefficient (Wildman–Crippen LogP) is 6.48. The number of hydrogen-bond donors (Lipinski definition) is 0. The Bertz CT molecular complexity index is 1190. The van der Waals surface area contributed by atoms with E-state index >= 15 is 0 Å². The summed E-state index contributed by atoms with van der Waals surface area (Å²) in [6, 6.07) is 13.2.